The van der Waals surface area contributed by atoms with Crippen molar-refractivity contribution in [2.75, 3.05) is 6.54 Å². The molecule has 0 aromatic carbocycles. The lowest BCUT2D eigenvalue weighted by Gasteiger charge is -2.05. The molecule has 2 rings (SSSR count). The zero-order valence-corrected chi connectivity index (χ0v) is 11.5. The Morgan fingerprint density at radius 1 is 1.45 bits per heavy atom. The predicted molar refractivity (Wildman–Crippen MR) is 73.6 cm³/mol. The molecule has 6 heteroatoms. The van der Waals surface area contributed by atoms with Gasteiger partial charge in [-0.2, -0.15) is 5.10 Å². The molecule has 0 saturated heterocycles. The molecule has 0 radical (unpaired) electrons. The summed E-state index contributed by atoms with van der Waals surface area (Å²) in [6, 6.07) is 4.78. The fourth-order valence-electron chi connectivity index (χ4n) is 1.94. The van der Waals surface area contributed by atoms with E-state index in [0.29, 0.717) is 36.6 Å². The zero-order valence-electron chi connectivity index (χ0n) is 11.5. The van der Waals surface area contributed by atoms with E-state index in [9.17, 15) is 9.59 Å². The Balaban J connectivity index is 1.82. The quantitative estimate of drug-likeness (QED) is 0.834. The van der Waals surface area contributed by atoms with Crippen molar-refractivity contribution in [2.24, 2.45) is 0 Å². The van der Waals surface area contributed by atoms with Gasteiger partial charge in [0, 0.05) is 25.4 Å². The summed E-state index contributed by atoms with van der Waals surface area (Å²) in [5.74, 6) is 1.17. The zero-order chi connectivity index (χ0) is 14.5. The summed E-state index contributed by atoms with van der Waals surface area (Å²) in [6.07, 6.45) is 2.20. The average Bonchev–Trinajstić information content (AvgIpc) is 2.75. The minimum absolute atomic E-state index is 0.139. The van der Waals surface area contributed by atoms with Crippen LogP contribution in [0.5, 0.6) is 0 Å². The lowest BCUT2D eigenvalue weighted by Crippen LogP contribution is -2.27. The summed E-state index contributed by atoms with van der Waals surface area (Å²) in [6.45, 7) is 4.52. The van der Waals surface area contributed by atoms with Crippen LogP contribution in [0.25, 0.3) is 0 Å². The van der Waals surface area contributed by atoms with Crippen LogP contribution in [0, 0.1) is 13.8 Å². The van der Waals surface area contributed by atoms with Gasteiger partial charge in [0.05, 0.1) is 5.56 Å². The topological polar surface area (TPSA) is 77.1 Å². The number of hydrogen-bond donors (Lipinski definition) is 1. The molecule has 0 unspecified atom stereocenters. The number of amides is 1. The van der Waals surface area contributed by atoms with Crippen molar-refractivity contribution in [3.05, 3.63) is 51.8 Å². The van der Waals surface area contributed by atoms with Crippen LogP contribution in [0.15, 0.2) is 33.6 Å². The van der Waals surface area contributed by atoms with Gasteiger partial charge in [0.15, 0.2) is 0 Å². The number of aryl methyl sites for hydroxylation is 3. The van der Waals surface area contributed by atoms with Crippen LogP contribution in [0.3, 0.4) is 0 Å². The van der Waals surface area contributed by atoms with Gasteiger partial charge in [-0.05, 0) is 32.4 Å². The molecule has 1 amide bonds. The Hall–Kier alpha value is -2.37. The molecule has 20 heavy (non-hydrogen) atoms. The molecule has 0 spiro atoms. The molecule has 0 aliphatic rings. The molecule has 0 fully saturated rings. The van der Waals surface area contributed by atoms with E-state index < -0.39 is 0 Å². The lowest BCUT2D eigenvalue weighted by atomic mass is 10.2. The number of furan rings is 1. The number of rotatable bonds is 5. The second-order valence-corrected chi connectivity index (χ2v) is 4.52. The molecule has 6 nitrogen and oxygen atoms in total. The number of carbonyl (C=O) groups is 1. The molecule has 2 heterocycles. The van der Waals surface area contributed by atoms with Crippen molar-refractivity contribution in [1.82, 2.24) is 15.1 Å². The van der Waals surface area contributed by atoms with E-state index in [4.69, 9.17) is 4.42 Å². The highest BCUT2D eigenvalue weighted by atomic mass is 16.3. The van der Waals surface area contributed by atoms with E-state index in [2.05, 4.69) is 10.4 Å². The van der Waals surface area contributed by atoms with E-state index in [1.54, 1.807) is 32.2 Å². The maximum absolute atomic E-state index is 11.9. The highest BCUT2D eigenvalue weighted by Gasteiger charge is 2.12. The number of carbonyl (C=O) groups excluding carboxylic acids is 1. The summed E-state index contributed by atoms with van der Waals surface area (Å²) in [4.78, 5) is 23.3. The Labute approximate surface area is 116 Å². The maximum atomic E-state index is 11.9. The van der Waals surface area contributed by atoms with Gasteiger partial charge in [0.1, 0.15) is 11.5 Å². The molecule has 0 atom stereocenters. The van der Waals surface area contributed by atoms with E-state index in [0.717, 1.165) is 0 Å². The molecule has 106 valence electrons. The van der Waals surface area contributed by atoms with Crippen LogP contribution in [-0.2, 0) is 6.54 Å². The summed E-state index contributed by atoms with van der Waals surface area (Å²) >= 11 is 0. The predicted octanol–water partition coefficient (Wildman–Crippen LogP) is 1.27. The average molecular weight is 275 g/mol. The van der Waals surface area contributed by atoms with E-state index in [1.165, 1.54) is 10.7 Å². The normalized spacial score (nSPS) is 10.5. The minimum Gasteiger partial charge on any atom is -0.466 e. The minimum atomic E-state index is -0.160. The third kappa shape index (κ3) is 3.34. The second-order valence-electron chi connectivity index (χ2n) is 4.52. The Kier molecular flexibility index (Phi) is 4.34. The van der Waals surface area contributed by atoms with E-state index in [1.807, 2.05) is 0 Å². The number of aromatic nitrogens is 2. The third-order valence-electron chi connectivity index (χ3n) is 2.90. The Bertz CT molecular complexity index is 658. The van der Waals surface area contributed by atoms with Crippen molar-refractivity contribution >= 4 is 5.91 Å². The van der Waals surface area contributed by atoms with Gasteiger partial charge in [-0.25, -0.2) is 4.68 Å². The number of hydrogen-bond acceptors (Lipinski definition) is 4. The first-order chi connectivity index (χ1) is 9.58. The molecule has 0 aliphatic heterocycles. The van der Waals surface area contributed by atoms with Gasteiger partial charge >= 0.3 is 0 Å². The van der Waals surface area contributed by atoms with Crippen LogP contribution in [-0.4, -0.2) is 22.2 Å². The first-order valence-electron chi connectivity index (χ1n) is 6.45. The van der Waals surface area contributed by atoms with Crippen LogP contribution < -0.4 is 10.9 Å². The monoisotopic (exact) mass is 275 g/mol. The summed E-state index contributed by atoms with van der Waals surface area (Å²) in [7, 11) is 0. The molecule has 1 N–H and O–H groups in total. The van der Waals surface area contributed by atoms with Crippen molar-refractivity contribution in [1.29, 1.82) is 0 Å². The Morgan fingerprint density at radius 2 is 2.25 bits per heavy atom. The Morgan fingerprint density at radius 3 is 2.90 bits per heavy atom. The van der Waals surface area contributed by atoms with Gasteiger partial charge in [-0.15, -0.1) is 0 Å². The molecule has 0 aliphatic carbocycles. The molecule has 0 bridgehead atoms. The fraction of sp³-hybridized carbons (Fsp3) is 0.357. The van der Waals surface area contributed by atoms with Gasteiger partial charge < -0.3 is 9.73 Å². The summed E-state index contributed by atoms with van der Waals surface area (Å²) in [5.41, 5.74) is 0.414. The van der Waals surface area contributed by atoms with Crippen LogP contribution in [0.2, 0.25) is 0 Å². The molecular formula is C14H17N3O3. The number of nitrogens with one attached hydrogen (secondary N) is 1. The van der Waals surface area contributed by atoms with Gasteiger partial charge in [-0.1, -0.05) is 0 Å². The maximum Gasteiger partial charge on any atom is 0.266 e. The van der Waals surface area contributed by atoms with Crippen molar-refractivity contribution in [3.8, 4) is 0 Å². The highest BCUT2D eigenvalue weighted by Crippen LogP contribution is 2.13. The fourth-order valence-corrected chi connectivity index (χ4v) is 1.94. The SMILES string of the molecule is Cc1cc(C(=O)NCCCn2ncccc2=O)c(C)o1. The van der Waals surface area contributed by atoms with Gasteiger partial charge in [0.25, 0.3) is 11.5 Å². The number of nitrogens with zero attached hydrogens (tertiary/aromatic N) is 2. The van der Waals surface area contributed by atoms with E-state index >= 15 is 0 Å². The molecular weight excluding hydrogens is 258 g/mol. The van der Waals surface area contributed by atoms with Crippen LogP contribution >= 0.6 is 0 Å². The standard InChI is InChI=1S/C14H17N3O3/c1-10-9-12(11(2)20-10)14(19)15-6-4-8-17-13(18)5-3-7-16-17/h3,5,7,9H,4,6,8H2,1-2H3,(H,15,19). The van der Waals surface area contributed by atoms with Gasteiger partial charge in [0.2, 0.25) is 0 Å². The summed E-state index contributed by atoms with van der Waals surface area (Å²) < 4.78 is 6.69. The molecule has 0 saturated carbocycles. The van der Waals surface area contributed by atoms with Crippen molar-refractivity contribution in [3.63, 3.8) is 0 Å². The largest absolute Gasteiger partial charge is 0.466 e. The smallest absolute Gasteiger partial charge is 0.266 e. The molecule has 2 aromatic heterocycles. The van der Waals surface area contributed by atoms with E-state index in [-0.39, 0.29) is 11.5 Å². The molecule has 2 aromatic rings. The van der Waals surface area contributed by atoms with Crippen LogP contribution in [0.4, 0.5) is 0 Å². The first-order valence-corrected chi connectivity index (χ1v) is 6.45. The van der Waals surface area contributed by atoms with Crippen LogP contribution in [0.1, 0.15) is 28.3 Å². The van der Waals surface area contributed by atoms with Gasteiger partial charge in [-0.3, -0.25) is 9.59 Å². The lowest BCUT2D eigenvalue weighted by molar-refractivity contribution is 0.0951. The summed E-state index contributed by atoms with van der Waals surface area (Å²) in [5, 5.41) is 6.75. The van der Waals surface area contributed by atoms with Crippen molar-refractivity contribution in [2.45, 2.75) is 26.8 Å². The van der Waals surface area contributed by atoms with Crippen molar-refractivity contribution < 1.29 is 9.21 Å². The third-order valence-corrected chi connectivity index (χ3v) is 2.90. The highest BCUT2D eigenvalue weighted by molar-refractivity contribution is 5.95. The first kappa shape index (κ1) is 14.0. The second kappa shape index (κ2) is 6.18.